The molecule has 156 valence electrons. The van der Waals surface area contributed by atoms with E-state index in [0.29, 0.717) is 18.6 Å². The highest BCUT2D eigenvalue weighted by atomic mass is 32.1. The largest absolute Gasteiger partial charge is 0.357 e. The first-order chi connectivity index (χ1) is 15.2. The summed E-state index contributed by atoms with van der Waals surface area (Å²) in [7, 11) is 0. The van der Waals surface area contributed by atoms with Gasteiger partial charge in [-0.05, 0) is 84.2 Å². The molecule has 2 aromatic heterocycles. The number of carbonyl (C=O) groups excluding carboxylic acids is 1. The first-order valence-electron chi connectivity index (χ1n) is 11.0. The third-order valence-corrected chi connectivity index (χ3v) is 7.81. The SMILES string of the molecule is C[C@@H](NC1CCCc2c1[nH]c1ccc(-c3ccc4c(c3)CNC4=O)cc21)c1cccs1. The number of aromatic amines is 1. The highest BCUT2D eigenvalue weighted by Crippen LogP contribution is 2.38. The van der Waals surface area contributed by atoms with Gasteiger partial charge in [-0.2, -0.15) is 0 Å². The summed E-state index contributed by atoms with van der Waals surface area (Å²) >= 11 is 1.82. The van der Waals surface area contributed by atoms with Gasteiger partial charge < -0.3 is 15.6 Å². The first-order valence-corrected chi connectivity index (χ1v) is 11.9. The van der Waals surface area contributed by atoms with Crippen molar-refractivity contribution < 1.29 is 4.79 Å². The minimum Gasteiger partial charge on any atom is -0.357 e. The van der Waals surface area contributed by atoms with Crippen molar-refractivity contribution in [3.05, 3.63) is 81.2 Å². The summed E-state index contributed by atoms with van der Waals surface area (Å²) in [6.45, 7) is 2.88. The van der Waals surface area contributed by atoms with E-state index in [4.69, 9.17) is 0 Å². The normalized spacial score (nSPS) is 18.6. The van der Waals surface area contributed by atoms with Crippen LogP contribution < -0.4 is 10.6 Å². The highest BCUT2D eigenvalue weighted by Gasteiger charge is 2.26. The first kappa shape index (κ1) is 18.8. The van der Waals surface area contributed by atoms with Gasteiger partial charge >= 0.3 is 0 Å². The Balaban J connectivity index is 1.35. The Kier molecular flexibility index (Phi) is 4.47. The standard InChI is InChI=1S/C26H25N3OS/c1-15(24-6-3-11-31-24)28-23-5-2-4-20-21-13-17(8-10-22(21)29-25(20)23)16-7-9-19-18(12-16)14-27-26(19)30/h3,6-13,15,23,28-29H,2,4-5,14H2,1H3,(H,27,30)/t15-,23?/m1/s1. The molecule has 0 saturated carbocycles. The van der Waals surface area contributed by atoms with Gasteiger partial charge in [-0.3, -0.25) is 4.79 Å². The maximum Gasteiger partial charge on any atom is 0.251 e. The second kappa shape index (κ2) is 7.36. The van der Waals surface area contributed by atoms with Gasteiger partial charge in [0.05, 0.1) is 0 Å². The lowest BCUT2D eigenvalue weighted by molar-refractivity contribution is 0.0966. The Hall–Kier alpha value is -2.89. The molecular weight excluding hydrogens is 402 g/mol. The Morgan fingerprint density at radius 1 is 1.13 bits per heavy atom. The molecule has 0 radical (unpaired) electrons. The summed E-state index contributed by atoms with van der Waals surface area (Å²) in [5.74, 6) is 0.0343. The molecule has 4 nitrogen and oxygen atoms in total. The van der Waals surface area contributed by atoms with Crippen molar-refractivity contribution in [2.75, 3.05) is 0 Å². The van der Waals surface area contributed by atoms with Crippen LogP contribution in [0.4, 0.5) is 0 Å². The van der Waals surface area contributed by atoms with Crippen LogP contribution in [0, 0.1) is 0 Å². The number of fused-ring (bicyclic) bond motifs is 4. The Morgan fingerprint density at radius 2 is 2.00 bits per heavy atom. The number of thiophene rings is 1. The molecule has 2 aromatic carbocycles. The molecule has 0 fully saturated rings. The molecule has 2 atom stereocenters. The van der Waals surface area contributed by atoms with E-state index in [2.05, 4.69) is 70.4 Å². The van der Waals surface area contributed by atoms with Crippen LogP contribution in [0.2, 0.25) is 0 Å². The molecule has 1 amide bonds. The maximum atomic E-state index is 11.9. The molecule has 1 aliphatic heterocycles. The van der Waals surface area contributed by atoms with Gasteiger partial charge in [0.15, 0.2) is 0 Å². The summed E-state index contributed by atoms with van der Waals surface area (Å²) < 4.78 is 0. The molecule has 1 aliphatic carbocycles. The minimum atomic E-state index is 0.0343. The van der Waals surface area contributed by atoms with Gasteiger partial charge in [-0.15, -0.1) is 11.3 Å². The van der Waals surface area contributed by atoms with Crippen molar-refractivity contribution in [1.82, 2.24) is 15.6 Å². The van der Waals surface area contributed by atoms with Gasteiger partial charge in [0.1, 0.15) is 0 Å². The number of aryl methyl sites for hydroxylation is 1. The molecule has 6 rings (SSSR count). The fourth-order valence-corrected chi connectivity index (χ4v) is 5.89. The highest BCUT2D eigenvalue weighted by molar-refractivity contribution is 7.10. The van der Waals surface area contributed by atoms with Gasteiger partial charge in [0.25, 0.3) is 5.91 Å². The van der Waals surface area contributed by atoms with E-state index in [1.807, 2.05) is 17.4 Å². The fraction of sp³-hybridized carbons (Fsp3) is 0.269. The molecule has 5 heteroatoms. The smallest absolute Gasteiger partial charge is 0.251 e. The molecule has 0 saturated heterocycles. The molecule has 2 aliphatic rings. The number of hydrogen-bond acceptors (Lipinski definition) is 3. The van der Waals surface area contributed by atoms with Crippen molar-refractivity contribution in [1.29, 1.82) is 0 Å². The third-order valence-electron chi connectivity index (χ3n) is 6.75. The van der Waals surface area contributed by atoms with Crippen LogP contribution in [0.25, 0.3) is 22.0 Å². The Labute approximate surface area is 185 Å². The van der Waals surface area contributed by atoms with E-state index in [0.717, 1.165) is 24.0 Å². The lowest BCUT2D eigenvalue weighted by atomic mass is 9.90. The number of carbonyl (C=O) groups is 1. The zero-order chi connectivity index (χ0) is 20.9. The quantitative estimate of drug-likeness (QED) is 0.382. The van der Waals surface area contributed by atoms with Crippen LogP contribution in [0.5, 0.6) is 0 Å². The monoisotopic (exact) mass is 427 g/mol. The second-order valence-electron chi connectivity index (χ2n) is 8.68. The van der Waals surface area contributed by atoms with Crippen molar-refractivity contribution in [2.24, 2.45) is 0 Å². The molecule has 31 heavy (non-hydrogen) atoms. The van der Waals surface area contributed by atoms with Gasteiger partial charge in [-0.25, -0.2) is 0 Å². The van der Waals surface area contributed by atoms with Crippen LogP contribution in [0.15, 0.2) is 53.9 Å². The Bertz CT molecular complexity index is 1290. The van der Waals surface area contributed by atoms with E-state index in [1.165, 1.54) is 44.6 Å². The third kappa shape index (κ3) is 3.20. The number of hydrogen-bond donors (Lipinski definition) is 3. The molecular formula is C26H25N3OS. The lowest BCUT2D eigenvalue weighted by Gasteiger charge is -2.27. The summed E-state index contributed by atoms with van der Waals surface area (Å²) in [4.78, 5) is 17.0. The lowest BCUT2D eigenvalue weighted by Crippen LogP contribution is -2.27. The average Bonchev–Trinajstić information content (AvgIpc) is 3.53. The molecule has 1 unspecified atom stereocenters. The van der Waals surface area contributed by atoms with E-state index in [-0.39, 0.29) is 5.91 Å². The molecule has 4 aromatic rings. The fourth-order valence-electron chi connectivity index (χ4n) is 5.14. The number of nitrogens with one attached hydrogen (secondary N) is 3. The number of aromatic nitrogens is 1. The zero-order valence-electron chi connectivity index (χ0n) is 17.5. The van der Waals surface area contributed by atoms with E-state index < -0.39 is 0 Å². The summed E-state index contributed by atoms with van der Waals surface area (Å²) in [5.41, 5.74) is 8.29. The number of H-pyrrole nitrogens is 1. The topological polar surface area (TPSA) is 56.9 Å². The van der Waals surface area contributed by atoms with Gasteiger partial charge in [0.2, 0.25) is 0 Å². The summed E-state index contributed by atoms with van der Waals surface area (Å²) in [6.07, 6.45) is 3.48. The number of amides is 1. The summed E-state index contributed by atoms with van der Waals surface area (Å²) in [6, 6.07) is 17.9. The van der Waals surface area contributed by atoms with Crippen molar-refractivity contribution in [2.45, 2.75) is 44.8 Å². The average molecular weight is 428 g/mol. The molecule has 3 heterocycles. The van der Waals surface area contributed by atoms with E-state index >= 15 is 0 Å². The van der Waals surface area contributed by atoms with Gasteiger partial charge in [-0.1, -0.05) is 18.2 Å². The maximum absolute atomic E-state index is 11.9. The van der Waals surface area contributed by atoms with Crippen LogP contribution in [0.3, 0.4) is 0 Å². The molecule has 0 bridgehead atoms. The zero-order valence-corrected chi connectivity index (χ0v) is 18.3. The minimum absolute atomic E-state index is 0.0343. The van der Waals surface area contributed by atoms with Crippen molar-refractivity contribution in [3.8, 4) is 11.1 Å². The van der Waals surface area contributed by atoms with Crippen molar-refractivity contribution >= 4 is 28.1 Å². The van der Waals surface area contributed by atoms with Crippen LogP contribution >= 0.6 is 11.3 Å². The molecule has 0 spiro atoms. The van der Waals surface area contributed by atoms with Gasteiger partial charge in [0, 0.05) is 45.7 Å². The molecule has 3 N–H and O–H groups in total. The predicted octanol–water partition coefficient (Wildman–Crippen LogP) is 5.87. The van der Waals surface area contributed by atoms with E-state index in [1.54, 1.807) is 0 Å². The van der Waals surface area contributed by atoms with E-state index in [9.17, 15) is 4.79 Å². The van der Waals surface area contributed by atoms with Crippen LogP contribution in [-0.4, -0.2) is 10.9 Å². The summed E-state index contributed by atoms with van der Waals surface area (Å²) in [5, 5.41) is 10.2. The predicted molar refractivity (Wildman–Crippen MR) is 126 cm³/mol. The van der Waals surface area contributed by atoms with Crippen molar-refractivity contribution in [3.63, 3.8) is 0 Å². The van der Waals surface area contributed by atoms with Crippen LogP contribution in [-0.2, 0) is 13.0 Å². The number of rotatable bonds is 4. The second-order valence-corrected chi connectivity index (χ2v) is 9.66. The van der Waals surface area contributed by atoms with Crippen LogP contribution in [0.1, 0.15) is 63.9 Å². The Morgan fingerprint density at radius 3 is 2.87 bits per heavy atom. The number of benzene rings is 2.